The Morgan fingerprint density at radius 2 is 1.90 bits per heavy atom. The molecule has 10 heavy (non-hydrogen) atoms. The van der Waals surface area contributed by atoms with E-state index in [9.17, 15) is 4.79 Å². The fourth-order valence-electron chi connectivity index (χ4n) is 0.671. The van der Waals surface area contributed by atoms with Crippen LogP contribution in [-0.2, 0) is 4.79 Å². The van der Waals surface area contributed by atoms with Gasteiger partial charge >= 0.3 is 0 Å². The van der Waals surface area contributed by atoms with Crippen LogP contribution >= 0.6 is 0 Å². The highest BCUT2D eigenvalue weighted by Crippen LogP contribution is 2.03. The Bertz CT molecular complexity index is 166. The number of nitrogens with two attached hydrogens (primary N) is 2. The van der Waals surface area contributed by atoms with Crippen molar-refractivity contribution in [1.82, 2.24) is 0 Å². The zero-order chi connectivity index (χ0) is 8.36. The molecule has 0 bridgehead atoms. The number of primary amides is 1. The molecule has 3 heteroatoms. The van der Waals surface area contributed by atoms with Crippen LogP contribution in [0.5, 0.6) is 0 Å². The summed E-state index contributed by atoms with van der Waals surface area (Å²) >= 11 is 0. The van der Waals surface area contributed by atoms with E-state index in [1.807, 2.05) is 13.8 Å². The smallest absolute Gasteiger partial charge is 0.241 e. The topological polar surface area (TPSA) is 69.1 Å². The van der Waals surface area contributed by atoms with Gasteiger partial charge < -0.3 is 11.5 Å². The van der Waals surface area contributed by atoms with Gasteiger partial charge in [0.1, 0.15) is 5.54 Å². The molecule has 0 aliphatic rings. The molecule has 0 radical (unpaired) electrons. The molecule has 0 heterocycles. The van der Waals surface area contributed by atoms with Crippen molar-refractivity contribution in [2.75, 3.05) is 0 Å². The molecule has 0 fully saturated rings. The summed E-state index contributed by atoms with van der Waals surface area (Å²) in [6, 6.07) is 0. The van der Waals surface area contributed by atoms with E-state index in [1.54, 1.807) is 13.0 Å². The molecule has 0 saturated carbocycles. The second kappa shape index (κ2) is 2.84. The van der Waals surface area contributed by atoms with Crippen molar-refractivity contribution in [1.29, 1.82) is 0 Å². The molecule has 0 aromatic rings. The number of rotatable bonds is 2. The molecular formula is C7H14N2O. The van der Waals surface area contributed by atoms with E-state index >= 15 is 0 Å². The molecule has 1 amide bonds. The third kappa shape index (κ3) is 2.64. The van der Waals surface area contributed by atoms with E-state index in [-0.39, 0.29) is 0 Å². The lowest BCUT2D eigenvalue weighted by molar-refractivity contribution is -0.121. The maximum atomic E-state index is 10.6. The van der Waals surface area contributed by atoms with Gasteiger partial charge in [0.15, 0.2) is 0 Å². The van der Waals surface area contributed by atoms with Gasteiger partial charge in [0.2, 0.25) is 5.91 Å². The molecule has 4 N–H and O–H groups in total. The molecule has 1 unspecified atom stereocenters. The van der Waals surface area contributed by atoms with Crippen LogP contribution in [0.25, 0.3) is 0 Å². The minimum atomic E-state index is -1.00. The average molecular weight is 142 g/mol. The predicted molar refractivity (Wildman–Crippen MR) is 41.2 cm³/mol. The highest BCUT2D eigenvalue weighted by molar-refractivity contribution is 5.86. The second-order valence-electron chi connectivity index (χ2n) is 2.87. The summed E-state index contributed by atoms with van der Waals surface area (Å²) in [7, 11) is 0. The lowest BCUT2D eigenvalue weighted by atomic mass is 10.0. The lowest BCUT2D eigenvalue weighted by Gasteiger charge is -2.15. The van der Waals surface area contributed by atoms with Crippen LogP contribution < -0.4 is 11.5 Å². The van der Waals surface area contributed by atoms with Gasteiger partial charge in [0.25, 0.3) is 0 Å². The zero-order valence-corrected chi connectivity index (χ0v) is 6.64. The molecule has 0 aliphatic carbocycles. The minimum absolute atomic E-state index is 0.506. The summed E-state index contributed by atoms with van der Waals surface area (Å²) in [6.45, 7) is 5.32. The Morgan fingerprint density at radius 3 is 2.00 bits per heavy atom. The zero-order valence-electron chi connectivity index (χ0n) is 6.64. The van der Waals surface area contributed by atoms with Crippen LogP contribution in [0.4, 0.5) is 0 Å². The highest BCUT2D eigenvalue weighted by atomic mass is 16.1. The molecule has 0 aromatic carbocycles. The summed E-state index contributed by atoms with van der Waals surface area (Å²) in [6.07, 6.45) is 1.65. The summed E-state index contributed by atoms with van der Waals surface area (Å²) in [4.78, 5) is 10.6. The van der Waals surface area contributed by atoms with Gasteiger partial charge in [-0.2, -0.15) is 0 Å². The first-order valence-electron chi connectivity index (χ1n) is 3.11. The Kier molecular flexibility index (Phi) is 2.60. The Morgan fingerprint density at radius 1 is 1.50 bits per heavy atom. The molecule has 0 spiro atoms. The van der Waals surface area contributed by atoms with Crippen LogP contribution in [0, 0.1) is 0 Å². The predicted octanol–water partition coefficient (Wildman–Crippen LogP) is 0.155. The standard InChI is InChI=1S/C7H14N2O/c1-5(2)4-7(3,9)6(8)10/h4H,9H2,1-3H3,(H2,8,10). The summed E-state index contributed by atoms with van der Waals surface area (Å²) in [5, 5.41) is 0. The van der Waals surface area contributed by atoms with Gasteiger partial charge in [-0.3, -0.25) is 4.79 Å². The maximum Gasteiger partial charge on any atom is 0.241 e. The van der Waals surface area contributed by atoms with Crippen molar-refractivity contribution in [3.05, 3.63) is 11.6 Å². The number of carbonyl (C=O) groups excluding carboxylic acids is 1. The van der Waals surface area contributed by atoms with Gasteiger partial charge in [-0.25, -0.2) is 0 Å². The van der Waals surface area contributed by atoms with Crippen molar-refractivity contribution in [3.8, 4) is 0 Å². The summed E-state index contributed by atoms with van der Waals surface area (Å²) in [5.41, 5.74) is 10.5. The summed E-state index contributed by atoms with van der Waals surface area (Å²) < 4.78 is 0. The number of allylic oxidation sites excluding steroid dienone is 1. The van der Waals surface area contributed by atoms with Gasteiger partial charge in [0, 0.05) is 0 Å². The molecule has 0 aromatic heterocycles. The Hall–Kier alpha value is -0.830. The van der Waals surface area contributed by atoms with Crippen molar-refractivity contribution >= 4 is 5.91 Å². The van der Waals surface area contributed by atoms with Crippen molar-refractivity contribution in [2.24, 2.45) is 11.5 Å². The van der Waals surface area contributed by atoms with Gasteiger partial charge in [-0.1, -0.05) is 11.6 Å². The monoisotopic (exact) mass is 142 g/mol. The highest BCUT2D eigenvalue weighted by Gasteiger charge is 2.21. The van der Waals surface area contributed by atoms with E-state index in [0.717, 1.165) is 5.57 Å². The van der Waals surface area contributed by atoms with E-state index in [1.165, 1.54) is 0 Å². The largest absolute Gasteiger partial charge is 0.368 e. The lowest BCUT2D eigenvalue weighted by Crippen LogP contribution is -2.47. The fourth-order valence-corrected chi connectivity index (χ4v) is 0.671. The SMILES string of the molecule is CC(C)=CC(C)(N)C(N)=O. The number of carbonyl (C=O) groups is 1. The molecule has 0 saturated heterocycles. The van der Waals surface area contributed by atoms with Crippen LogP contribution in [0.2, 0.25) is 0 Å². The molecule has 0 rings (SSSR count). The molecule has 3 nitrogen and oxygen atoms in total. The van der Waals surface area contributed by atoms with E-state index in [0.29, 0.717) is 0 Å². The number of hydrogen-bond donors (Lipinski definition) is 2. The van der Waals surface area contributed by atoms with Crippen molar-refractivity contribution in [3.63, 3.8) is 0 Å². The van der Waals surface area contributed by atoms with Gasteiger partial charge in [-0.15, -0.1) is 0 Å². The fraction of sp³-hybridized carbons (Fsp3) is 0.571. The molecule has 58 valence electrons. The first-order chi connectivity index (χ1) is 4.36. The molecule has 0 aliphatic heterocycles. The summed E-state index contributed by atoms with van der Waals surface area (Å²) in [5.74, 6) is -0.506. The minimum Gasteiger partial charge on any atom is -0.368 e. The van der Waals surface area contributed by atoms with Crippen LogP contribution in [0.3, 0.4) is 0 Å². The van der Waals surface area contributed by atoms with E-state index in [2.05, 4.69) is 0 Å². The normalized spacial score (nSPS) is 15.6. The average Bonchev–Trinajstić information content (AvgIpc) is 1.60. The van der Waals surface area contributed by atoms with Crippen LogP contribution in [0.1, 0.15) is 20.8 Å². The van der Waals surface area contributed by atoms with Crippen molar-refractivity contribution < 1.29 is 4.79 Å². The Balaban J connectivity index is 4.42. The number of amides is 1. The second-order valence-corrected chi connectivity index (χ2v) is 2.87. The Labute approximate surface area is 61.1 Å². The number of hydrogen-bond acceptors (Lipinski definition) is 2. The van der Waals surface area contributed by atoms with Crippen LogP contribution in [0.15, 0.2) is 11.6 Å². The van der Waals surface area contributed by atoms with Crippen LogP contribution in [-0.4, -0.2) is 11.4 Å². The van der Waals surface area contributed by atoms with E-state index in [4.69, 9.17) is 11.5 Å². The molecule has 1 atom stereocenters. The van der Waals surface area contributed by atoms with Gasteiger partial charge in [-0.05, 0) is 20.8 Å². The molecular weight excluding hydrogens is 128 g/mol. The first kappa shape index (κ1) is 9.17. The third-order valence-electron chi connectivity index (χ3n) is 1.12. The first-order valence-corrected chi connectivity index (χ1v) is 3.11. The third-order valence-corrected chi connectivity index (χ3v) is 1.12. The van der Waals surface area contributed by atoms with Gasteiger partial charge in [0.05, 0.1) is 0 Å². The maximum absolute atomic E-state index is 10.6. The van der Waals surface area contributed by atoms with Crippen molar-refractivity contribution in [2.45, 2.75) is 26.3 Å². The quantitative estimate of drug-likeness (QED) is 0.539. The van der Waals surface area contributed by atoms with E-state index < -0.39 is 11.4 Å².